The van der Waals surface area contributed by atoms with Crippen molar-refractivity contribution in [2.24, 2.45) is 0 Å². The maximum absolute atomic E-state index is 14.0. The van der Waals surface area contributed by atoms with Gasteiger partial charge < -0.3 is 10.2 Å². The number of anilines is 1. The topological polar surface area (TPSA) is 86.8 Å². The smallest absolute Gasteiger partial charge is 0.264 e. The molecule has 0 bridgehead atoms. The summed E-state index contributed by atoms with van der Waals surface area (Å²) in [5.74, 6) is -0.709. The lowest BCUT2D eigenvalue weighted by Gasteiger charge is -2.33. The number of benzene rings is 3. The molecule has 0 fully saturated rings. The molecule has 0 aliphatic heterocycles. The Kier molecular flexibility index (Phi) is 10.9. The van der Waals surface area contributed by atoms with Crippen molar-refractivity contribution in [2.45, 2.75) is 51.0 Å². The van der Waals surface area contributed by atoms with Crippen LogP contribution in [-0.2, 0) is 26.0 Å². The van der Waals surface area contributed by atoms with Crippen LogP contribution >= 0.6 is 11.6 Å². The summed E-state index contributed by atoms with van der Waals surface area (Å²) >= 11 is 6.16. The summed E-state index contributed by atoms with van der Waals surface area (Å²) in [6, 6.07) is 21.8. The number of amides is 2. The van der Waals surface area contributed by atoms with Crippen LogP contribution in [0.15, 0.2) is 83.8 Å². The number of aryl methyl sites for hydroxylation is 1. The van der Waals surface area contributed by atoms with E-state index >= 15 is 0 Å². The first kappa shape index (κ1) is 30.2. The van der Waals surface area contributed by atoms with Gasteiger partial charge in [-0.2, -0.15) is 0 Å². The van der Waals surface area contributed by atoms with E-state index in [1.54, 1.807) is 43.3 Å². The lowest BCUT2D eigenvalue weighted by molar-refractivity contribution is -0.139. The molecule has 3 aromatic rings. The number of hydrogen-bond donors (Lipinski definition) is 1. The molecular formula is C30H36ClN3O4S. The van der Waals surface area contributed by atoms with Crippen LogP contribution in [0, 0.1) is 6.92 Å². The Bertz CT molecular complexity index is 1350. The maximum Gasteiger partial charge on any atom is 0.264 e. The first-order valence-electron chi connectivity index (χ1n) is 13.1. The van der Waals surface area contributed by atoms with Crippen molar-refractivity contribution in [1.82, 2.24) is 10.2 Å². The van der Waals surface area contributed by atoms with Crippen molar-refractivity contribution >= 4 is 39.1 Å². The first-order chi connectivity index (χ1) is 18.7. The monoisotopic (exact) mass is 569 g/mol. The molecule has 3 aromatic carbocycles. The summed E-state index contributed by atoms with van der Waals surface area (Å²) in [6.07, 6.45) is 1.68. The number of hydrogen-bond acceptors (Lipinski definition) is 4. The standard InChI is InChI=1S/C30H36ClN3O4S/c1-4-19-32-30(36)27(5-2)33(20-18-24-12-8-6-9-13-24)29(35)22-34(28-17-16-25(31)21-23(28)3)39(37,38)26-14-10-7-11-15-26/h6-17,21,27H,4-5,18-20,22H2,1-3H3,(H,32,36). The zero-order valence-corrected chi connectivity index (χ0v) is 24.2. The summed E-state index contributed by atoms with van der Waals surface area (Å²) in [7, 11) is -4.11. The molecule has 1 atom stereocenters. The second-order valence-electron chi connectivity index (χ2n) is 9.29. The number of nitrogens with one attached hydrogen (secondary N) is 1. The first-order valence-corrected chi connectivity index (χ1v) is 15.0. The molecule has 7 nitrogen and oxygen atoms in total. The summed E-state index contributed by atoms with van der Waals surface area (Å²) in [6.45, 7) is 5.85. The second-order valence-corrected chi connectivity index (χ2v) is 11.6. The van der Waals surface area contributed by atoms with Crippen molar-refractivity contribution < 1.29 is 18.0 Å². The lowest BCUT2D eigenvalue weighted by atomic mass is 10.1. The van der Waals surface area contributed by atoms with Gasteiger partial charge in [0, 0.05) is 18.1 Å². The van der Waals surface area contributed by atoms with Gasteiger partial charge in [0.2, 0.25) is 11.8 Å². The van der Waals surface area contributed by atoms with E-state index in [4.69, 9.17) is 11.6 Å². The van der Waals surface area contributed by atoms with Gasteiger partial charge in [-0.1, -0.05) is 74.0 Å². The van der Waals surface area contributed by atoms with Crippen molar-refractivity contribution in [1.29, 1.82) is 0 Å². The zero-order chi connectivity index (χ0) is 28.4. The molecule has 208 valence electrons. The Morgan fingerprint density at radius 2 is 1.59 bits per heavy atom. The fourth-order valence-corrected chi connectivity index (χ4v) is 6.12. The van der Waals surface area contributed by atoms with Crippen LogP contribution in [0.1, 0.15) is 37.8 Å². The second kappa shape index (κ2) is 14.1. The van der Waals surface area contributed by atoms with Gasteiger partial charge in [0.05, 0.1) is 10.6 Å². The fourth-order valence-electron chi connectivity index (χ4n) is 4.39. The Balaban J connectivity index is 2.02. The van der Waals surface area contributed by atoms with Gasteiger partial charge in [0.25, 0.3) is 10.0 Å². The average Bonchev–Trinajstić information content (AvgIpc) is 2.94. The lowest BCUT2D eigenvalue weighted by Crippen LogP contribution is -2.53. The summed E-state index contributed by atoms with van der Waals surface area (Å²) in [5, 5.41) is 3.35. The summed E-state index contributed by atoms with van der Waals surface area (Å²) < 4.78 is 28.8. The minimum Gasteiger partial charge on any atom is -0.354 e. The van der Waals surface area contributed by atoms with Crippen LogP contribution in [0.25, 0.3) is 0 Å². The van der Waals surface area contributed by atoms with E-state index in [1.165, 1.54) is 17.0 Å². The Hall–Kier alpha value is -3.36. The minimum atomic E-state index is -4.11. The zero-order valence-electron chi connectivity index (χ0n) is 22.6. The Morgan fingerprint density at radius 3 is 2.18 bits per heavy atom. The predicted octanol–water partition coefficient (Wildman–Crippen LogP) is 5.22. The number of sulfonamides is 1. The summed E-state index contributed by atoms with van der Waals surface area (Å²) in [4.78, 5) is 28.7. The fraction of sp³-hybridized carbons (Fsp3) is 0.333. The van der Waals surface area contributed by atoms with Crippen LogP contribution in [0.3, 0.4) is 0 Å². The van der Waals surface area contributed by atoms with E-state index in [0.717, 1.165) is 16.3 Å². The highest BCUT2D eigenvalue weighted by molar-refractivity contribution is 7.92. The van der Waals surface area contributed by atoms with Crippen molar-refractivity contribution in [3.8, 4) is 0 Å². The van der Waals surface area contributed by atoms with E-state index in [2.05, 4.69) is 5.32 Å². The van der Waals surface area contributed by atoms with Gasteiger partial charge >= 0.3 is 0 Å². The molecule has 0 aromatic heterocycles. The molecule has 0 aliphatic carbocycles. The normalized spacial score (nSPS) is 12.0. The molecule has 1 unspecified atom stereocenters. The molecule has 0 heterocycles. The Labute approximate surface area is 236 Å². The molecule has 0 saturated carbocycles. The summed E-state index contributed by atoms with van der Waals surface area (Å²) in [5.41, 5.74) is 1.97. The van der Waals surface area contributed by atoms with Gasteiger partial charge in [-0.15, -0.1) is 0 Å². The van der Waals surface area contributed by atoms with Crippen molar-refractivity contribution in [2.75, 3.05) is 23.9 Å². The van der Waals surface area contributed by atoms with Gasteiger partial charge in [-0.25, -0.2) is 8.42 Å². The molecule has 2 amide bonds. The predicted molar refractivity (Wildman–Crippen MR) is 156 cm³/mol. The van der Waals surface area contributed by atoms with Gasteiger partial charge in [0.1, 0.15) is 12.6 Å². The molecule has 1 N–H and O–H groups in total. The number of carbonyl (C=O) groups is 2. The highest BCUT2D eigenvalue weighted by atomic mass is 35.5. The number of halogens is 1. The van der Waals surface area contributed by atoms with Gasteiger partial charge in [0.15, 0.2) is 0 Å². The van der Waals surface area contributed by atoms with E-state index in [1.807, 2.05) is 44.2 Å². The SMILES string of the molecule is CCCNC(=O)C(CC)N(CCc1ccccc1)C(=O)CN(c1ccc(Cl)cc1C)S(=O)(=O)c1ccccc1. The van der Waals surface area contributed by atoms with Crippen LogP contribution in [-0.4, -0.2) is 50.8 Å². The Morgan fingerprint density at radius 1 is 0.949 bits per heavy atom. The van der Waals surface area contributed by atoms with E-state index < -0.39 is 28.5 Å². The number of carbonyl (C=O) groups excluding carboxylic acids is 2. The largest absolute Gasteiger partial charge is 0.354 e. The number of nitrogens with zero attached hydrogens (tertiary/aromatic N) is 2. The molecule has 0 saturated heterocycles. The van der Waals surface area contributed by atoms with Gasteiger partial charge in [-0.05, 0) is 67.6 Å². The molecule has 39 heavy (non-hydrogen) atoms. The molecule has 0 spiro atoms. The molecule has 0 aliphatic rings. The van der Waals surface area contributed by atoms with E-state index in [9.17, 15) is 18.0 Å². The highest BCUT2D eigenvalue weighted by Gasteiger charge is 2.33. The molecule has 0 radical (unpaired) electrons. The van der Waals surface area contributed by atoms with Crippen molar-refractivity contribution in [3.05, 3.63) is 95.0 Å². The average molecular weight is 570 g/mol. The van der Waals surface area contributed by atoms with E-state index in [0.29, 0.717) is 35.7 Å². The molecule has 3 rings (SSSR count). The van der Waals surface area contributed by atoms with Gasteiger partial charge in [-0.3, -0.25) is 13.9 Å². The van der Waals surface area contributed by atoms with Crippen molar-refractivity contribution in [3.63, 3.8) is 0 Å². The molecular weight excluding hydrogens is 534 g/mol. The van der Waals surface area contributed by atoms with Crippen LogP contribution in [0.2, 0.25) is 5.02 Å². The number of rotatable bonds is 13. The third-order valence-corrected chi connectivity index (χ3v) is 8.47. The highest BCUT2D eigenvalue weighted by Crippen LogP contribution is 2.29. The third-order valence-electron chi connectivity index (χ3n) is 6.46. The quantitative estimate of drug-likeness (QED) is 0.306. The molecule has 9 heteroatoms. The van der Waals surface area contributed by atoms with E-state index in [-0.39, 0.29) is 17.3 Å². The maximum atomic E-state index is 14.0. The third kappa shape index (κ3) is 7.83. The van der Waals surface area contributed by atoms with Crippen LogP contribution < -0.4 is 9.62 Å². The minimum absolute atomic E-state index is 0.0655. The van der Waals surface area contributed by atoms with Crippen LogP contribution in [0.4, 0.5) is 5.69 Å². The van der Waals surface area contributed by atoms with Crippen LogP contribution in [0.5, 0.6) is 0 Å².